The lowest BCUT2D eigenvalue weighted by Crippen LogP contribution is -2.48. The number of hydrogen-bond acceptors (Lipinski definition) is 4. The van der Waals surface area contributed by atoms with Crippen molar-refractivity contribution in [1.29, 1.82) is 0 Å². The Kier molecular flexibility index (Phi) is 7.92. The lowest BCUT2D eigenvalue weighted by atomic mass is 10.2. The number of hydrogen-bond donors (Lipinski definition) is 1. The maximum absolute atomic E-state index is 12.6. The van der Waals surface area contributed by atoms with E-state index in [0.29, 0.717) is 54.6 Å². The average Bonchev–Trinajstić information content (AvgIpc) is 2.74. The van der Waals surface area contributed by atoms with Crippen LogP contribution in [0, 0.1) is 0 Å². The van der Waals surface area contributed by atoms with Crippen molar-refractivity contribution in [3.05, 3.63) is 51.0 Å². The number of amides is 2. The molecule has 1 N–H and O–H groups in total. The predicted octanol–water partition coefficient (Wildman–Crippen LogP) is 5.36. The van der Waals surface area contributed by atoms with Gasteiger partial charge in [0.1, 0.15) is 0 Å². The standard InChI is InChI=1S/C22H24Cl3N3O3/c1-3-4-20(29)28-9-7-27(8-10-28)19-6-5-15(13-16(19)23)26-22(30)14-11-17(24)21(31-2)18(25)12-14/h5-6,11-13H,3-4,7-10H2,1-2H3,(H,26,30). The summed E-state index contributed by atoms with van der Waals surface area (Å²) in [5.41, 5.74) is 1.74. The van der Waals surface area contributed by atoms with Crippen LogP contribution in [0.4, 0.5) is 11.4 Å². The highest BCUT2D eigenvalue weighted by Crippen LogP contribution is 2.34. The van der Waals surface area contributed by atoms with Crippen molar-refractivity contribution in [2.75, 3.05) is 43.5 Å². The minimum atomic E-state index is -0.363. The first-order chi connectivity index (χ1) is 14.8. The number of piperazine rings is 1. The van der Waals surface area contributed by atoms with E-state index in [4.69, 9.17) is 39.5 Å². The third-order valence-electron chi connectivity index (χ3n) is 5.11. The van der Waals surface area contributed by atoms with Crippen LogP contribution in [0.3, 0.4) is 0 Å². The Bertz CT molecular complexity index is 953. The van der Waals surface area contributed by atoms with Gasteiger partial charge in [-0.1, -0.05) is 41.7 Å². The van der Waals surface area contributed by atoms with Crippen LogP contribution in [0.1, 0.15) is 30.1 Å². The van der Waals surface area contributed by atoms with E-state index in [1.165, 1.54) is 19.2 Å². The van der Waals surface area contributed by atoms with E-state index < -0.39 is 0 Å². The highest BCUT2D eigenvalue weighted by Gasteiger charge is 2.22. The molecule has 2 aromatic carbocycles. The van der Waals surface area contributed by atoms with E-state index in [1.807, 2.05) is 17.9 Å². The number of halogens is 3. The molecule has 0 aliphatic carbocycles. The molecular weight excluding hydrogens is 461 g/mol. The van der Waals surface area contributed by atoms with E-state index in [9.17, 15) is 9.59 Å². The van der Waals surface area contributed by atoms with Gasteiger partial charge < -0.3 is 19.9 Å². The van der Waals surface area contributed by atoms with Gasteiger partial charge in [-0.2, -0.15) is 0 Å². The largest absolute Gasteiger partial charge is 0.494 e. The fraction of sp³-hybridized carbons (Fsp3) is 0.364. The van der Waals surface area contributed by atoms with Crippen LogP contribution in [0.25, 0.3) is 0 Å². The third kappa shape index (κ3) is 5.56. The summed E-state index contributed by atoms with van der Waals surface area (Å²) in [6, 6.07) is 8.36. The summed E-state index contributed by atoms with van der Waals surface area (Å²) in [6.45, 7) is 4.78. The SMILES string of the molecule is CCCC(=O)N1CCN(c2ccc(NC(=O)c3cc(Cl)c(OC)c(Cl)c3)cc2Cl)CC1. The van der Waals surface area contributed by atoms with Gasteiger partial charge in [0.05, 0.1) is 27.9 Å². The Morgan fingerprint density at radius 1 is 1.00 bits per heavy atom. The van der Waals surface area contributed by atoms with Crippen LogP contribution in [-0.2, 0) is 4.79 Å². The molecule has 0 radical (unpaired) electrons. The van der Waals surface area contributed by atoms with Crippen LogP contribution < -0.4 is 15.0 Å². The summed E-state index contributed by atoms with van der Waals surface area (Å²) in [5, 5.41) is 3.84. The van der Waals surface area contributed by atoms with Gasteiger partial charge in [0, 0.05) is 43.9 Å². The number of carbonyl (C=O) groups is 2. The molecule has 1 heterocycles. The van der Waals surface area contributed by atoms with Gasteiger partial charge >= 0.3 is 0 Å². The fourth-order valence-corrected chi connectivity index (χ4v) is 4.44. The molecule has 1 saturated heterocycles. The van der Waals surface area contributed by atoms with Gasteiger partial charge in [-0.3, -0.25) is 9.59 Å². The first-order valence-corrected chi connectivity index (χ1v) is 11.1. The Morgan fingerprint density at radius 3 is 2.19 bits per heavy atom. The van der Waals surface area contributed by atoms with E-state index in [2.05, 4.69) is 10.2 Å². The van der Waals surface area contributed by atoms with Crippen molar-refractivity contribution in [2.45, 2.75) is 19.8 Å². The van der Waals surface area contributed by atoms with Crippen molar-refractivity contribution < 1.29 is 14.3 Å². The zero-order chi connectivity index (χ0) is 22.5. The molecule has 31 heavy (non-hydrogen) atoms. The summed E-state index contributed by atoms with van der Waals surface area (Å²) in [4.78, 5) is 28.7. The lowest BCUT2D eigenvalue weighted by Gasteiger charge is -2.36. The van der Waals surface area contributed by atoms with E-state index in [-0.39, 0.29) is 21.9 Å². The number of nitrogens with one attached hydrogen (secondary N) is 1. The normalized spacial score (nSPS) is 13.8. The molecule has 2 aromatic rings. The third-order valence-corrected chi connectivity index (χ3v) is 5.97. The van der Waals surface area contributed by atoms with Crippen molar-refractivity contribution >= 4 is 58.0 Å². The minimum Gasteiger partial charge on any atom is -0.494 e. The monoisotopic (exact) mass is 483 g/mol. The highest BCUT2D eigenvalue weighted by atomic mass is 35.5. The molecule has 0 atom stereocenters. The molecule has 1 fully saturated rings. The molecule has 2 amide bonds. The van der Waals surface area contributed by atoms with E-state index in [1.54, 1.807) is 12.1 Å². The second-order valence-electron chi connectivity index (χ2n) is 7.21. The minimum absolute atomic E-state index is 0.199. The van der Waals surface area contributed by atoms with Gasteiger partial charge in [-0.25, -0.2) is 0 Å². The molecular formula is C22H24Cl3N3O3. The first kappa shape index (κ1) is 23.5. The Morgan fingerprint density at radius 2 is 1.65 bits per heavy atom. The second-order valence-corrected chi connectivity index (χ2v) is 8.43. The van der Waals surface area contributed by atoms with Crippen LogP contribution in [0.5, 0.6) is 5.75 Å². The molecule has 0 bridgehead atoms. The van der Waals surface area contributed by atoms with Gasteiger partial charge in [-0.15, -0.1) is 0 Å². The Balaban J connectivity index is 1.66. The molecule has 3 rings (SSSR count). The van der Waals surface area contributed by atoms with Crippen molar-refractivity contribution in [2.24, 2.45) is 0 Å². The molecule has 6 nitrogen and oxygen atoms in total. The van der Waals surface area contributed by atoms with Crippen LogP contribution in [0.15, 0.2) is 30.3 Å². The fourth-order valence-electron chi connectivity index (χ4n) is 3.50. The molecule has 166 valence electrons. The molecule has 0 spiro atoms. The van der Waals surface area contributed by atoms with Crippen molar-refractivity contribution in [1.82, 2.24) is 4.90 Å². The van der Waals surface area contributed by atoms with E-state index >= 15 is 0 Å². The molecule has 0 saturated carbocycles. The lowest BCUT2D eigenvalue weighted by molar-refractivity contribution is -0.131. The number of rotatable bonds is 6. The topological polar surface area (TPSA) is 61.9 Å². The molecule has 1 aliphatic rings. The van der Waals surface area contributed by atoms with Crippen LogP contribution in [-0.4, -0.2) is 50.0 Å². The van der Waals surface area contributed by atoms with Crippen molar-refractivity contribution in [3.8, 4) is 5.75 Å². The molecule has 0 aromatic heterocycles. The summed E-state index contributed by atoms with van der Waals surface area (Å²) in [7, 11) is 1.46. The molecule has 0 unspecified atom stereocenters. The number of ether oxygens (including phenoxy) is 1. The van der Waals surface area contributed by atoms with Gasteiger partial charge in [0.25, 0.3) is 5.91 Å². The van der Waals surface area contributed by atoms with Gasteiger partial charge in [0.15, 0.2) is 5.75 Å². The Labute approximate surface area is 197 Å². The highest BCUT2D eigenvalue weighted by molar-refractivity contribution is 6.38. The van der Waals surface area contributed by atoms with Crippen molar-refractivity contribution in [3.63, 3.8) is 0 Å². The number of nitrogens with zero attached hydrogens (tertiary/aromatic N) is 2. The van der Waals surface area contributed by atoms with Crippen LogP contribution in [0.2, 0.25) is 15.1 Å². The smallest absolute Gasteiger partial charge is 0.255 e. The molecule has 1 aliphatic heterocycles. The summed E-state index contributed by atoms with van der Waals surface area (Å²) < 4.78 is 5.11. The predicted molar refractivity (Wildman–Crippen MR) is 126 cm³/mol. The number of benzene rings is 2. The quantitative estimate of drug-likeness (QED) is 0.600. The number of carbonyl (C=O) groups excluding carboxylic acids is 2. The summed E-state index contributed by atoms with van der Waals surface area (Å²) in [5.74, 6) is 0.159. The Hall–Kier alpha value is -2.15. The summed E-state index contributed by atoms with van der Waals surface area (Å²) >= 11 is 18.7. The number of anilines is 2. The maximum atomic E-state index is 12.6. The van der Waals surface area contributed by atoms with E-state index in [0.717, 1.165) is 12.1 Å². The zero-order valence-corrected chi connectivity index (χ0v) is 19.7. The average molecular weight is 485 g/mol. The molecule has 9 heteroatoms. The first-order valence-electron chi connectivity index (χ1n) is 10.0. The second kappa shape index (κ2) is 10.4. The van der Waals surface area contributed by atoms with Gasteiger partial charge in [-0.05, 0) is 36.8 Å². The number of methoxy groups -OCH3 is 1. The zero-order valence-electron chi connectivity index (χ0n) is 17.4. The van der Waals surface area contributed by atoms with Crippen LogP contribution >= 0.6 is 34.8 Å². The maximum Gasteiger partial charge on any atom is 0.255 e. The van der Waals surface area contributed by atoms with Gasteiger partial charge in [0.2, 0.25) is 5.91 Å². The summed E-state index contributed by atoms with van der Waals surface area (Å²) in [6.07, 6.45) is 1.44.